The summed E-state index contributed by atoms with van der Waals surface area (Å²) in [7, 11) is 1.15. The molecular formula is C8H5Cl2F3O2S. The van der Waals surface area contributed by atoms with Gasteiger partial charge in [0.1, 0.15) is 0 Å². The van der Waals surface area contributed by atoms with Gasteiger partial charge < -0.3 is 0 Å². The lowest BCUT2D eigenvalue weighted by Crippen LogP contribution is -2.06. The van der Waals surface area contributed by atoms with Crippen LogP contribution in [0.1, 0.15) is 11.1 Å². The second-order valence-corrected chi connectivity index (χ2v) is 6.18. The molecule has 8 heteroatoms. The molecule has 0 amide bonds. The summed E-state index contributed by atoms with van der Waals surface area (Å²) in [6, 6.07) is 2.68. The number of hydrogen-bond acceptors (Lipinski definition) is 2. The van der Waals surface area contributed by atoms with Gasteiger partial charge in [-0.15, -0.1) is 0 Å². The fourth-order valence-electron chi connectivity index (χ4n) is 1.08. The molecule has 0 bridgehead atoms. The van der Waals surface area contributed by atoms with Crippen molar-refractivity contribution in [1.82, 2.24) is 0 Å². The highest BCUT2D eigenvalue weighted by Crippen LogP contribution is 2.35. The third kappa shape index (κ3) is 3.84. The van der Waals surface area contributed by atoms with Crippen LogP contribution in [-0.2, 0) is 21.0 Å². The smallest absolute Gasteiger partial charge is 0.212 e. The van der Waals surface area contributed by atoms with Gasteiger partial charge in [-0.2, -0.15) is 13.2 Å². The average Bonchev–Trinajstić information content (AvgIpc) is 1.97. The fraction of sp³-hybridized carbons (Fsp3) is 0.250. The molecule has 1 aromatic carbocycles. The van der Waals surface area contributed by atoms with E-state index in [0.717, 1.165) is 18.2 Å². The summed E-state index contributed by atoms with van der Waals surface area (Å²) < 4.78 is 58.3. The van der Waals surface area contributed by atoms with E-state index in [9.17, 15) is 21.6 Å². The van der Waals surface area contributed by atoms with Gasteiger partial charge in [0, 0.05) is 10.7 Å². The van der Waals surface area contributed by atoms with Crippen molar-refractivity contribution in [2.75, 3.05) is 0 Å². The maximum atomic E-state index is 12.3. The van der Waals surface area contributed by atoms with Crippen LogP contribution in [0.5, 0.6) is 0 Å². The second-order valence-electron chi connectivity index (χ2n) is 3.00. The van der Waals surface area contributed by atoms with Crippen LogP contribution in [0.2, 0.25) is 5.02 Å². The molecule has 0 aliphatic rings. The summed E-state index contributed by atoms with van der Waals surface area (Å²) in [5, 5.41) is -0.551. The van der Waals surface area contributed by atoms with Gasteiger partial charge in [0.25, 0.3) is 0 Å². The highest BCUT2D eigenvalue weighted by Gasteiger charge is 2.33. The van der Waals surface area contributed by atoms with Crippen molar-refractivity contribution >= 4 is 31.3 Å². The molecule has 0 N–H and O–H groups in total. The number of benzene rings is 1. The second kappa shape index (κ2) is 4.43. The Morgan fingerprint density at radius 3 is 2.19 bits per heavy atom. The Kier molecular flexibility index (Phi) is 3.76. The minimum Gasteiger partial charge on any atom is -0.212 e. The summed E-state index contributed by atoms with van der Waals surface area (Å²) in [6.07, 6.45) is -4.56. The Labute approximate surface area is 99.4 Å². The molecule has 2 nitrogen and oxygen atoms in total. The van der Waals surface area contributed by atoms with Crippen LogP contribution in [0.15, 0.2) is 18.2 Å². The molecule has 0 saturated heterocycles. The fourth-order valence-corrected chi connectivity index (χ4v) is 2.34. The largest absolute Gasteiger partial charge is 0.417 e. The van der Waals surface area contributed by atoms with Crippen molar-refractivity contribution in [1.29, 1.82) is 0 Å². The highest BCUT2D eigenvalue weighted by atomic mass is 35.7. The van der Waals surface area contributed by atoms with Gasteiger partial charge in [0.05, 0.1) is 16.3 Å². The Bertz CT molecular complexity index is 496. The summed E-state index contributed by atoms with van der Waals surface area (Å²) in [5.41, 5.74) is -0.905. The molecule has 0 aliphatic carbocycles. The predicted molar refractivity (Wildman–Crippen MR) is 54.9 cm³/mol. The first-order valence-electron chi connectivity index (χ1n) is 3.87. The lowest BCUT2D eigenvalue weighted by molar-refractivity contribution is -0.137. The molecule has 0 atom stereocenters. The van der Waals surface area contributed by atoms with Crippen LogP contribution < -0.4 is 0 Å². The predicted octanol–water partition coefficient (Wildman–Crippen LogP) is 3.43. The zero-order chi connectivity index (χ0) is 12.6. The van der Waals surface area contributed by atoms with Crippen LogP contribution in [0, 0.1) is 0 Å². The number of alkyl halides is 3. The minimum absolute atomic E-state index is 0.105. The van der Waals surface area contributed by atoms with E-state index in [-0.39, 0.29) is 5.56 Å². The highest BCUT2D eigenvalue weighted by molar-refractivity contribution is 8.13. The van der Waals surface area contributed by atoms with Crippen molar-refractivity contribution < 1.29 is 21.6 Å². The van der Waals surface area contributed by atoms with Crippen LogP contribution in [0.4, 0.5) is 13.2 Å². The molecule has 16 heavy (non-hydrogen) atoms. The molecule has 0 spiro atoms. The Morgan fingerprint density at radius 1 is 1.25 bits per heavy atom. The van der Waals surface area contributed by atoms with Gasteiger partial charge in [-0.3, -0.25) is 0 Å². The molecule has 0 saturated carbocycles. The lowest BCUT2D eigenvalue weighted by atomic mass is 10.1. The van der Waals surface area contributed by atoms with Crippen molar-refractivity contribution in [2.24, 2.45) is 0 Å². The minimum atomic E-state index is -4.56. The molecule has 1 rings (SSSR count). The van der Waals surface area contributed by atoms with E-state index >= 15 is 0 Å². The standard InChI is InChI=1S/C8H5Cl2F3O2S/c9-7-3-5(4-16(10,14)15)1-2-6(7)8(11,12)13/h1-3H,4H2. The summed E-state index contributed by atoms with van der Waals surface area (Å²) in [6.45, 7) is 0. The Morgan fingerprint density at radius 2 is 1.81 bits per heavy atom. The summed E-state index contributed by atoms with van der Waals surface area (Å²) in [5.74, 6) is -0.563. The summed E-state index contributed by atoms with van der Waals surface area (Å²) in [4.78, 5) is 0. The van der Waals surface area contributed by atoms with Gasteiger partial charge in [0.15, 0.2) is 0 Å². The molecule has 90 valence electrons. The van der Waals surface area contributed by atoms with Crippen LogP contribution in [0.3, 0.4) is 0 Å². The lowest BCUT2D eigenvalue weighted by Gasteiger charge is -2.09. The summed E-state index contributed by atoms with van der Waals surface area (Å²) >= 11 is 5.38. The van der Waals surface area contributed by atoms with Gasteiger partial charge in [-0.05, 0) is 17.7 Å². The molecule has 0 aliphatic heterocycles. The van der Waals surface area contributed by atoms with Gasteiger partial charge in [-0.1, -0.05) is 17.7 Å². The molecule has 1 aromatic rings. The average molecular weight is 293 g/mol. The van der Waals surface area contributed by atoms with E-state index in [1.807, 2.05) is 0 Å². The van der Waals surface area contributed by atoms with Crippen molar-refractivity contribution in [3.05, 3.63) is 34.3 Å². The van der Waals surface area contributed by atoms with Crippen molar-refractivity contribution in [3.63, 3.8) is 0 Å². The third-order valence-corrected chi connectivity index (χ3v) is 3.00. The first kappa shape index (κ1) is 13.6. The first-order valence-corrected chi connectivity index (χ1v) is 6.73. The topological polar surface area (TPSA) is 34.1 Å². The third-order valence-electron chi connectivity index (χ3n) is 1.68. The quantitative estimate of drug-likeness (QED) is 0.783. The maximum Gasteiger partial charge on any atom is 0.417 e. The zero-order valence-electron chi connectivity index (χ0n) is 7.55. The number of rotatable bonds is 2. The number of hydrogen-bond donors (Lipinski definition) is 0. The normalized spacial score (nSPS) is 12.8. The van der Waals surface area contributed by atoms with Crippen LogP contribution >= 0.6 is 22.3 Å². The van der Waals surface area contributed by atoms with Crippen LogP contribution in [0.25, 0.3) is 0 Å². The van der Waals surface area contributed by atoms with E-state index in [4.69, 9.17) is 22.3 Å². The SMILES string of the molecule is O=S(=O)(Cl)Cc1ccc(C(F)(F)F)c(Cl)c1. The zero-order valence-corrected chi connectivity index (χ0v) is 9.88. The maximum absolute atomic E-state index is 12.3. The Balaban J connectivity index is 3.10. The van der Waals surface area contributed by atoms with E-state index in [1.54, 1.807) is 0 Å². The molecule has 0 fully saturated rings. The molecule has 0 radical (unpaired) electrons. The molecule has 0 heterocycles. The molecule has 0 aromatic heterocycles. The van der Waals surface area contributed by atoms with Crippen molar-refractivity contribution in [2.45, 2.75) is 11.9 Å². The van der Waals surface area contributed by atoms with Crippen LogP contribution in [-0.4, -0.2) is 8.42 Å². The van der Waals surface area contributed by atoms with Gasteiger partial charge >= 0.3 is 6.18 Å². The van der Waals surface area contributed by atoms with E-state index < -0.39 is 31.6 Å². The van der Waals surface area contributed by atoms with E-state index in [1.165, 1.54) is 0 Å². The molecule has 0 unspecified atom stereocenters. The first-order chi connectivity index (χ1) is 7.09. The number of halogens is 5. The molecular weight excluding hydrogens is 288 g/mol. The van der Waals surface area contributed by atoms with Crippen molar-refractivity contribution in [3.8, 4) is 0 Å². The van der Waals surface area contributed by atoms with E-state index in [2.05, 4.69) is 0 Å². The van der Waals surface area contributed by atoms with E-state index in [0.29, 0.717) is 0 Å². The van der Waals surface area contributed by atoms with Gasteiger partial charge in [0.2, 0.25) is 9.05 Å². The van der Waals surface area contributed by atoms with Gasteiger partial charge in [-0.25, -0.2) is 8.42 Å². The monoisotopic (exact) mass is 292 g/mol. The Hall–Kier alpha value is -0.460.